The Hall–Kier alpha value is -0.620. The van der Waals surface area contributed by atoms with Gasteiger partial charge in [-0.3, -0.25) is 0 Å². The predicted molar refractivity (Wildman–Crippen MR) is 85.5 cm³/mol. The average Bonchev–Trinajstić information content (AvgIpc) is 2.95. The maximum absolute atomic E-state index is 5.94. The molecule has 0 aromatic carbocycles. The van der Waals surface area contributed by atoms with Crippen molar-refractivity contribution < 1.29 is 0 Å². The van der Waals surface area contributed by atoms with Crippen LogP contribution in [0.25, 0.3) is 0 Å². The highest BCUT2D eigenvalue weighted by molar-refractivity contribution is 7.16. The van der Waals surface area contributed by atoms with Crippen molar-refractivity contribution >= 4 is 39.4 Å². The molecule has 0 aliphatic carbocycles. The Morgan fingerprint density at radius 1 is 1.32 bits per heavy atom. The molecule has 0 atom stereocenters. The number of aromatic nitrogens is 1. The number of nitrogens with one attached hydrogen (secondary N) is 1. The summed E-state index contributed by atoms with van der Waals surface area (Å²) < 4.78 is 0.837. The highest BCUT2D eigenvalue weighted by Crippen LogP contribution is 2.26. The van der Waals surface area contributed by atoms with Gasteiger partial charge in [0.05, 0.1) is 10.9 Å². The van der Waals surface area contributed by atoms with Gasteiger partial charge in [-0.25, -0.2) is 4.98 Å². The van der Waals surface area contributed by atoms with Crippen LogP contribution >= 0.6 is 34.3 Å². The molecule has 6 heteroatoms. The van der Waals surface area contributed by atoms with Crippen molar-refractivity contribution in [2.45, 2.75) is 33.0 Å². The minimum Gasteiger partial charge on any atom is -0.346 e. The minimum absolute atomic E-state index is 0.497. The molecule has 0 fully saturated rings. The van der Waals surface area contributed by atoms with E-state index in [9.17, 15) is 0 Å². The number of halogens is 1. The Morgan fingerprint density at radius 3 is 2.74 bits per heavy atom. The quantitative estimate of drug-likeness (QED) is 0.873. The predicted octanol–water partition coefficient (Wildman–Crippen LogP) is 3.99. The molecule has 2 heterocycles. The largest absolute Gasteiger partial charge is 0.346 e. The topological polar surface area (TPSA) is 28.2 Å². The van der Waals surface area contributed by atoms with Crippen LogP contribution in [0.5, 0.6) is 0 Å². The second-order valence-electron chi connectivity index (χ2n) is 4.71. The molecule has 0 radical (unpaired) electrons. The molecule has 1 N–H and O–H groups in total. The number of hydrogen-bond acceptors (Lipinski definition) is 5. The first-order chi connectivity index (χ1) is 9.04. The number of nitrogens with zero attached hydrogens (tertiary/aromatic N) is 2. The molecule has 0 spiro atoms. The summed E-state index contributed by atoms with van der Waals surface area (Å²) in [6.07, 6.45) is 1.95. The molecule has 0 amide bonds. The van der Waals surface area contributed by atoms with Gasteiger partial charge >= 0.3 is 0 Å². The molecule has 0 aliphatic heterocycles. The van der Waals surface area contributed by atoms with Crippen molar-refractivity contribution in [2.24, 2.45) is 0 Å². The van der Waals surface area contributed by atoms with Crippen LogP contribution < -0.4 is 10.2 Å². The van der Waals surface area contributed by atoms with Gasteiger partial charge in [-0.1, -0.05) is 25.4 Å². The van der Waals surface area contributed by atoms with E-state index >= 15 is 0 Å². The van der Waals surface area contributed by atoms with Crippen LogP contribution in [0.3, 0.4) is 0 Å². The zero-order valence-electron chi connectivity index (χ0n) is 11.3. The lowest BCUT2D eigenvalue weighted by molar-refractivity contribution is 0.593. The van der Waals surface area contributed by atoms with Crippen molar-refractivity contribution in [3.8, 4) is 0 Å². The highest BCUT2D eigenvalue weighted by Gasteiger charge is 2.09. The molecule has 19 heavy (non-hydrogen) atoms. The maximum Gasteiger partial charge on any atom is 0.185 e. The van der Waals surface area contributed by atoms with E-state index in [2.05, 4.69) is 42.2 Å². The minimum atomic E-state index is 0.497. The Bertz CT molecular complexity index is 521. The van der Waals surface area contributed by atoms with Gasteiger partial charge in [-0.05, 0) is 12.1 Å². The van der Waals surface area contributed by atoms with E-state index in [1.807, 2.05) is 12.3 Å². The molecular weight excluding hydrogens is 298 g/mol. The van der Waals surface area contributed by atoms with Crippen LogP contribution in [0.15, 0.2) is 18.3 Å². The van der Waals surface area contributed by atoms with Crippen LogP contribution in [-0.2, 0) is 13.1 Å². The fourth-order valence-corrected chi connectivity index (χ4v) is 3.56. The third-order valence-corrected chi connectivity index (χ3v) is 4.90. The highest BCUT2D eigenvalue weighted by atomic mass is 35.5. The summed E-state index contributed by atoms with van der Waals surface area (Å²) in [5, 5.41) is 4.45. The molecule has 2 aromatic heterocycles. The molecule has 3 nitrogen and oxygen atoms in total. The standard InChI is InChI=1S/C13H18ClN3S2/c1-9(2)15-6-11-7-16-13(19-11)17(3)8-10-4-5-12(14)18-10/h4-5,7,9,15H,6,8H2,1-3H3. The van der Waals surface area contributed by atoms with Crippen LogP contribution in [0.2, 0.25) is 4.34 Å². The van der Waals surface area contributed by atoms with Crippen molar-refractivity contribution in [2.75, 3.05) is 11.9 Å². The molecule has 0 saturated carbocycles. The van der Waals surface area contributed by atoms with Crippen molar-refractivity contribution in [3.05, 3.63) is 32.4 Å². The van der Waals surface area contributed by atoms with Gasteiger partial charge in [-0.15, -0.1) is 22.7 Å². The first kappa shape index (κ1) is 14.8. The summed E-state index contributed by atoms with van der Waals surface area (Å²) in [5.74, 6) is 0. The van der Waals surface area contributed by atoms with Gasteiger partial charge in [0.1, 0.15) is 0 Å². The van der Waals surface area contributed by atoms with Crippen LogP contribution in [-0.4, -0.2) is 18.1 Å². The molecule has 0 bridgehead atoms. The van der Waals surface area contributed by atoms with Gasteiger partial charge in [0, 0.05) is 35.6 Å². The molecule has 0 saturated heterocycles. The molecule has 2 aromatic rings. The van der Waals surface area contributed by atoms with E-state index in [0.29, 0.717) is 6.04 Å². The lowest BCUT2D eigenvalue weighted by atomic mass is 10.4. The number of anilines is 1. The Balaban J connectivity index is 1.94. The van der Waals surface area contributed by atoms with Gasteiger partial charge in [0.2, 0.25) is 0 Å². The number of thiazole rings is 1. The van der Waals surface area contributed by atoms with Crippen molar-refractivity contribution in [1.29, 1.82) is 0 Å². The molecule has 104 valence electrons. The Labute approximate surface area is 127 Å². The van der Waals surface area contributed by atoms with Crippen molar-refractivity contribution in [3.63, 3.8) is 0 Å². The van der Waals surface area contributed by atoms with Crippen molar-refractivity contribution in [1.82, 2.24) is 10.3 Å². The van der Waals surface area contributed by atoms with E-state index in [4.69, 9.17) is 11.6 Å². The molecular formula is C13H18ClN3S2. The van der Waals surface area contributed by atoms with E-state index < -0.39 is 0 Å². The zero-order chi connectivity index (χ0) is 13.8. The summed E-state index contributed by atoms with van der Waals surface area (Å²) in [4.78, 5) is 9.15. The fourth-order valence-electron chi connectivity index (χ4n) is 1.60. The average molecular weight is 316 g/mol. The van der Waals surface area contributed by atoms with Crippen LogP contribution in [0, 0.1) is 0 Å². The summed E-state index contributed by atoms with van der Waals surface area (Å²) in [6, 6.07) is 4.50. The van der Waals surface area contributed by atoms with Crippen LogP contribution in [0.1, 0.15) is 23.6 Å². The SMILES string of the molecule is CC(C)NCc1cnc(N(C)Cc2ccc(Cl)s2)s1. The van der Waals surface area contributed by atoms with Gasteiger partial charge in [0.25, 0.3) is 0 Å². The van der Waals surface area contributed by atoms with Gasteiger partial charge in [0.15, 0.2) is 5.13 Å². The fraction of sp³-hybridized carbons (Fsp3) is 0.462. The Morgan fingerprint density at radius 2 is 2.11 bits per heavy atom. The second-order valence-corrected chi connectivity index (χ2v) is 7.60. The monoisotopic (exact) mass is 315 g/mol. The van der Waals surface area contributed by atoms with E-state index in [1.165, 1.54) is 9.75 Å². The van der Waals surface area contributed by atoms with Gasteiger partial charge < -0.3 is 10.2 Å². The molecule has 0 unspecified atom stereocenters. The summed E-state index contributed by atoms with van der Waals surface area (Å²) in [5.41, 5.74) is 0. The number of hydrogen-bond donors (Lipinski definition) is 1. The lowest BCUT2D eigenvalue weighted by Gasteiger charge is -2.14. The Kier molecular flexibility index (Phi) is 5.21. The first-order valence-corrected chi connectivity index (χ1v) is 8.19. The summed E-state index contributed by atoms with van der Waals surface area (Å²) >= 11 is 9.30. The second kappa shape index (κ2) is 6.70. The molecule has 2 rings (SSSR count). The van der Waals surface area contributed by atoms with Crippen LogP contribution in [0.4, 0.5) is 5.13 Å². The van der Waals surface area contributed by atoms with E-state index in [1.54, 1.807) is 22.7 Å². The maximum atomic E-state index is 5.94. The van der Waals surface area contributed by atoms with E-state index in [-0.39, 0.29) is 0 Å². The molecule has 0 aliphatic rings. The number of thiophene rings is 1. The lowest BCUT2D eigenvalue weighted by Crippen LogP contribution is -2.21. The third kappa shape index (κ3) is 4.45. The van der Waals surface area contributed by atoms with E-state index in [0.717, 1.165) is 22.6 Å². The summed E-state index contributed by atoms with van der Waals surface area (Å²) in [7, 11) is 2.06. The van der Waals surface area contributed by atoms with Gasteiger partial charge in [-0.2, -0.15) is 0 Å². The number of rotatable bonds is 6. The smallest absolute Gasteiger partial charge is 0.185 e. The first-order valence-electron chi connectivity index (χ1n) is 6.18. The zero-order valence-corrected chi connectivity index (χ0v) is 13.7. The third-order valence-electron chi connectivity index (χ3n) is 2.57. The normalized spacial score (nSPS) is 11.2. The summed E-state index contributed by atoms with van der Waals surface area (Å²) in [6.45, 7) is 6.03.